The summed E-state index contributed by atoms with van der Waals surface area (Å²) in [5, 5.41) is 0. The number of amides is 3. The fourth-order valence-corrected chi connectivity index (χ4v) is 4.35. The van der Waals surface area contributed by atoms with E-state index in [0.717, 1.165) is 0 Å². The number of carbonyl (C=O) groups is 3. The number of nitrogens with zero attached hydrogens (tertiary/aromatic N) is 3. The third-order valence-corrected chi connectivity index (χ3v) is 5.53. The van der Waals surface area contributed by atoms with Crippen molar-refractivity contribution >= 4 is 34.8 Å². The number of hydrogen-bond acceptors (Lipinski definition) is 4. The second-order valence-corrected chi connectivity index (χ2v) is 6.92. The SMILES string of the molecule is O=C1c2ccccc2N2C(=O)c3ccccc3N3c4ccccc4C(=O)N1C23. The van der Waals surface area contributed by atoms with Crippen molar-refractivity contribution in [2.45, 2.75) is 6.29 Å². The summed E-state index contributed by atoms with van der Waals surface area (Å²) in [5.74, 6) is -1.02. The number of anilines is 3. The quantitative estimate of drug-likeness (QED) is 0.572. The van der Waals surface area contributed by atoms with Crippen LogP contribution >= 0.6 is 0 Å². The van der Waals surface area contributed by atoms with Gasteiger partial charge in [0.2, 0.25) is 6.29 Å². The van der Waals surface area contributed by atoms with Crippen molar-refractivity contribution in [1.82, 2.24) is 4.90 Å². The summed E-state index contributed by atoms with van der Waals surface area (Å²) in [4.78, 5) is 44.6. The van der Waals surface area contributed by atoms with Crippen LogP contribution in [0.15, 0.2) is 72.8 Å². The van der Waals surface area contributed by atoms with Gasteiger partial charge in [-0.2, -0.15) is 0 Å². The van der Waals surface area contributed by atoms with Gasteiger partial charge in [-0.25, -0.2) is 4.90 Å². The molecule has 3 aliphatic heterocycles. The zero-order valence-electron chi connectivity index (χ0n) is 14.6. The Labute approximate surface area is 160 Å². The minimum absolute atomic E-state index is 0.228. The molecular weight excluding hydrogens is 354 g/mol. The van der Waals surface area contributed by atoms with E-state index in [9.17, 15) is 14.4 Å². The molecule has 1 unspecified atom stereocenters. The zero-order chi connectivity index (χ0) is 19.0. The number of para-hydroxylation sites is 3. The predicted octanol–water partition coefficient (Wildman–Crippen LogP) is 3.38. The molecule has 0 radical (unpaired) electrons. The van der Waals surface area contributed by atoms with Gasteiger partial charge in [0.25, 0.3) is 17.7 Å². The van der Waals surface area contributed by atoms with Crippen LogP contribution in [0, 0.1) is 0 Å². The standard InChI is InChI=1S/C22H13N3O3/c26-19-13-7-1-4-10-16(13)23-17-11-5-2-8-14(17)20(27)25-21(28)15-9-3-6-12-18(15)24(19)22(23)25/h1-12,22H. The first-order valence-corrected chi connectivity index (χ1v) is 8.96. The molecule has 6 nitrogen and oxygen atoms in total. The zero-order valence-corrected chi connectivity index (χ0v) is 14.6. The molecule has 6 heteroatoms. The molecule has 0 aliphatic carbocycles. The third kappa shape index (κ3) is 1.65. The molecule has 134 valence electrons. The maximum Gasteiger partial charge on any atom is 0.266 e. The number of fused-ring (bicyclic) bond motifs is 6. The molecule has 3 aromatic carbocycles. The fraction of sp³-hybridized carbons (Fsp3) is 0.0455. The van der Waals surface area contributed by atoms with Crippen molar-refractivity contribution in [1.29, 1.82) is 0 Å². The van der Waals surface area contributed by atoms with Crippen molar-refractivity contribution in [3.63, 3.8) is 0 Å². The summed E-state index contributed by atoms with van der Waals surface area (Å²) in [6, 6.07) is 21.4. The van der Waals surface area contributed by atoms with Gasteiger partial charge < -0.3 is 4.90 Å². The lowest BCUT2D eigenvalue weighted by molar-refractivity contribution is 0.0503. The second kappa shape index (κ2) is 5.07. The van der Waals surface area contributed by atoms with E-state index >= 15 is 0 Å². The van der Waals surface area contributed by atoms with E-state index in [0.29, 0.717) is 33.8 Å². The highest BCUT2D eigenvalue weighted by atomic mass is 16.2. The average Bonchev–Trinajstić information content (AvgIpc) is 2.74. The minimum Gasteiger partial charge on any atom is -0.301 e. The number of carbonyl (C=O) groups excluding carboxylic acids is 3. The van der Waals surface area contributed by atoms with Gasteiger partial charge in [0.15, 0.2) is 0 Å². The van der Waals surface area contributed by atoms with E-state index in [1.807, 2.05) is 35.2 Å². The summed E-state index contributed by atoms with van der Waals surface area (Å²) >= 11 is 0. The molecule has 1 atom stereocenters. The van der Waals surface area contributed by atoms with Crippen LogP contribution in [0.25, 0.3) is 0 Å². The van der Waals surface area contributed by atoms with E-state index in [4.69, 9.17) is 0 Å². The van der Waals surface area contributed by atoms with Gasteiger partial charge in [-0.1, -0.05) is 36.4 Å². The number of benzene rings is 3. The molecule has 0 saturated heterocycles. The number of rotatable bonds is 0. The fourth-order valence-electron chi connectivity index (χ4n) is 4.35. The van der Waals surface area contributed by atoms with Crippen molar-refractivity contribution in [2.24, 2.45) is 0 Å². The Balaban J connectivity index is 1.74. The average molecular weight is 367 g/mol. The van der Waals surface area contributed by atoms with E-state index in [-0.39, 0.29) is 5.91 Å². The highest BCUT2D eigenvalue weighted by Gasteiger charge is 2.54. The Morgan fingerprint density at radius 1 is 0.464 bits per heavy atom. The summed E-state index contributed by atoms with van der Waals surface area (Å²) < 4.78 is 0. The van der Waals surface area contributed by atoms with Crippen LogP contribution in [0.3, 0.4) is 0 Å². The number of imide groups is 1. The summed E-state index contributed by atoms with van der Waals surface area (Å²) in [5.41, 5.74) is 3.21. The first-order chi connectivity index (χ1) is 13.7. The van der Waals surface area contributed by atoms with Crippen LogP contribution in [-0.2, 0) is 0 Å². The van der Waals surface area contributed by atoms with Crippen LogP contribution < -0.4 is 9.80 Å². The third-order valence-electron chi connectivity index (χ3n) is 5.53. The van der Waals surface area contributed by atoms with Crippen LogP contribution in [0.2, 0.25) is 0 Å². The molecule has 0 fully saturated rings. The van der Waals surface area contributed by atoms with Gasteiger partial charge in [-0.15, -0.1) is 0 Å². The van der Waals surface area contributed by atoms with Crippen LogP contribution in [-0.4, -0.2) is 28.9 Å². The minimum atomic E-state index is -0.854. The van der Waals surface area contributed by atoms with E-state index < -0.39 is 18.1 Å². The topological polar surface area (TPSA) is 60.9 Å². The molecule has 0 N–H and O–H groups in total. The molecule has 0 saturated carbocycles. The molecule has 0 aromatic heterocycles. The van der Waals surface area contributed by atoms with Gasteiger partial charge in [-0.05, 0) is 36.4 Å². The predicted molar refractivity (Wildman–Crippen MR) is 103 cm³/mol. The van der Waals surface area contributed by atoms with Crippen molar-refractivity contribution in [3.8, 4) is 0 Å². The lowest BCUT2D eigenvalue weighted by Gasteiger charge is -2.54. The lowest BCUT2D eigenvalue weighted by atomic mass is 9.96. The van der Waals surface area contributed by atoms with E-state index in [1.54, 1.807) is 47.4 Å². The van der Waals surface area contributed by atoms with E-state index in [1.165, 1.54) is 4.90 Å². The van der Waals surface area contributed by atoms with E-state index in [2.05, 4.69) is 0 Å². The summed E-state index contributed by atoms with van der Waals surface area (Å²) in [7, 11) is 0. The van der Waals surface area contributed by atoms with Crippen LogP contribution in [0.4, 0.5) is 17.1 Å². The molecule has 28 heavy (non-hydrogen) atoms. The molecule has 3 heterocycles. The first kappa shape index (κ1) is 15.2. The monoisotopic (exact) mass is 367 g/mol. The molecule has 6 rings (SSSR count). The molecule has 3 aromatic rings. The summed E-state index contributed by atoms with van der Waals surface area (Å²) in [6.45, 7) is 0. The van der Waals surface area contributed by atoms with Gasteiger partial charge >= 0.3 is 0 Å². The summed E-state index contributed by atoms with van der Waals surface area (Å²) in [6.07, 6.45) is -0.854. The molecule has 3 amide bonds. The Hall–Kier alpha value is -3.93. The first-order valence-electron chi connectivity index (χ1n) is 8.96. The van der Waals surface area contributed by atoms with Crippen molar-refractivity contribution < 1.29 is 14.4 Å². The molecule has 0 bridgehead atoms. The highest BCUT2D eigenvalue weighted by Crippen LogP contribution is 2.47. The van der Waals surface area contributed by atoms with Gasteiger partial charge in [-0.3, -0.25) is 19.3 Å². The van der Waals surface area contributed by atoms with Crippen molar-refractivity contribution in [3.05, 3.63) is 89.5 Å². The molecule has 0 spiro atoms. The van der Waals surface area contributed by atoms with Crippen LogP contribution in [0.1, 0.15) is 31.1 Å². The van der Waals surface area contributed by atoms with Gasteiger partial charge in [0.05, 0.1) is 33.8 Å². The Morgan fingerprint density at radius 2 is 0.821 bits per heavy atom. The lowest BCUT2D eigenvalue weighted by Crippen LogP contribution is -2.69. The highest BCUT2D eigenvalue weighted by molar-refractivity contribution is 6.24. The maximum atomic E-state index is 13.4. The smallest absolute Gasteiger partial charge is 0.266 e. The van der Waals surface area contributed by atoms with Gasteiger partial charge in [0, 0.05) is 0 Å². The Morgan fingerprint density at radius 3 is 1.29 bits per heavy atom. The largest absolute Gasteiger partial charge is 0.301 e. The Kier molecular flexibility index (Phi) is 2.75. The Bertz CT molecular complexity index is 1220. The normalized spacial score (nSPS) is 19.1. The van der Waals surface area contributed by atoms with Crippen LogP contribution in [0.5, 0.6) is 0 Å². The van der Waals surface area contributed by atoms with Crippen molar-refractivity contribution in [2.75, 3.05) is 9.80 Å². The second-order valence-electron chi connectivity index (χ2n) is 6.92. The molecule has 3 aliphatic rings. The van der Waals surface area contributed by atoms with Gasteiger partial charge in [0.1, 0.15) is 0 Å². The molecular formula is C22H13N3O3. The maximum absolute atomic E-state index is 13.4. The number of hydrogen-bond donors (Lipinski definition) is 0.